The average Bonchev–Trinajstić information content (AvgIpc) is 3.69. The summed E-state index contributed by atoms with van der Waals surface area (Å²) >= 11 is 0. The average molecular weight is 875 g/mol. The van der Waals surface area contributed by atoms with Crippen LogP contribution in [0.1, 0.15) is 11.1 Å². The number of phenolic OH excluding ortho intramolecular Hbond substituents is 4. The number of hydrogen-bond acceptors (Lipinski definition) is 23. The molecule has 2 aromatic rings. The summed E-state index contributed by atoms with van der Waals surface area (Å²) in [5.74, 6) is -2.75. The molecule has 0 aliphatic carbocycles. The minimum absolute atomic E-state index is 0.0998. The van der Waals surface area contributed by atoms with Gasteiger partial charge in [0.2, 0.25) is 0 Å². The maximum Gasteiger partial charge on any atom is 0.331 e. The van der Waals surface area contributed by atoms with Gasteiger partial charge in [-0.1, -0.05) is 12.1 Å². The molecule has 23 heteroatoms. The summed E-state index contributed by atoms with van der Waals surface area (Å²) in [6.45, 7) is -4.24. The molecule has 4 aliphatic heterocycles. The molecule has 2 aromatic carbocycles. The summed E-state index contributed by atoms with van der Waals surface area (Å²) < 4.78 is 51.1. The smallest absolute Gasteiger partial charge is 0.331 e. The number of phenols is 4. The normalized spacial score (nSPS) is 38.0. The molecule has 0 spiro atoms. The third-order valence-corrected chi connectivity index (χ3v) is 10.6. The molecule has 340 valence electrons. The molecule has 4 aliphatic rings. The van der Waals surface area contributed by atoms with Gasteiger partial charge in [0.1, 0.15) is 60.0 Å². The monoisotopic (exact) mass is 874 g/mol. The van der Waals surface area contributed by atoms with Crippen LogP contribution in [0.4, 0.5) is 0 Å². The van der Waals surface area contributed by atoms with Gasteiger partial charge in [0.15, 0.2) is 54.3 Å². The van der Waals surface area contributed by atoms with Crippen LogP contribution < -0.4 is 0 Å². The van der Waals surface area contributed by atoms with Crippen molar-refractivity contribution < 1.29 is 114 Å². The first-order valence-electron chi connectivity index (χ1n) is 19.0. The lowest BCUT2D eigenvalue weighted by atomic mass is 9.97. The summed E-state index contributed by atoms with van der Waals surface area (Å²) in [6, 6.07) is 7.72. The van der Waals surface area contributed by atoms with Crippen LogP contribution in [0.15, 0.2) is 42.5 Å². The van der Waals surface area contributed by atoms with Crippen LogP contribution in [0.25, 0.3) is 6.08 Å². The number of hydrogen-bond donors (Lipinski definition) is 13. The second-order valence-corrected chi connectivity index (χ2v) is 15.0. The van der Waals surface area contributed by atoms with Crippen LogP contribution in [0.3, 0.4) is 0 Å². The molecular formula is C38H50O23. The van der Waals surface area contributed by atoms with Crippen molar-refractivity contribution in [1.82, 2.24) is 0 Å². The van der Waals surface area contributed by atoms with E-state index in [1.54, 1.807) is 0 Å². The maximum absolute atomic E-state index is 13.4. The van der Waals surface area contributed by atoms with Crippen molar-refractivity contribution in [3.8, 4) is 23.0 Å². The van der Waals surface area contributed by atoms with Crippen LogP contribution in [0.5, 0.6) is 23.0 Å². The maximum atomic E-state index is 13.4. The van der Waals surface area contributed by atoms with E-state index in [0.29, 0.717) is 5.56 Å². The molecule has 6 rings (SSSR count). The third-order valence-electron chi connectivity index (χ3n) is 10.6. The number of ether oxygens (including phenoxy) is 9. The number of carbonyl (C=O) groups excluding carboxylic acids is 1. The first-order valence-corrected chi connectivity index (χ1v) is 19.0. The van der Waals surface area contributed by atoms with Crippen LogP contribution in [0.2, 0.25) is 0 Å². The van der Waals surface area contributed by atoms with Crippen molar-refractivity contribution in [2.24, 2.45) is 0 Å². The van der Waals surface area contributed by atoms with Gasteiger partial charge in [-0.3, -0.25) is 0 Å². The quantitative estimate of drug-likeness (QED) is 0.0430. The van der Waals surface area contributed by atoms with Crippen molar-refractivity contribution in [1.29, 1.82) is 0 Å². The van der Waals surface area contributed by atoms with E-state index in [4.69, 9.17) is 42.6 Å². The Morgan fingerprint density at radius 1 is 0.705 bits per heavy atom. The molecule has 23 nitrogen and oxygen atoms in total. The van der Waals surface area contributed by atoms with Crippen molar-refractivity contribution in [3.05, 3.63) is 53.6 Å². The lowest BCUT2D eigenvalue weighted by Crippen LogP contribution is -2.63. The fraction of sp³-hybridized carbons (Fsp3) is 0.605. The van der Waals surface area contributed by atoms with Gasteiger partial charge in [-0.25, -0.2) is 4.79 Å². The standard InChI is InChI=1S/C38H50O23/c39-13-37(51)15-56-35(31(37)49)58-23-11-54-33(27(47)26(23)46)55-12-24-29(60-25(45)6-3-17-1-4-19(41)21(43)9-17)30(61-36-32(50)38(52,14-40)16-57-36)28(48)34(59-24)53-8-7-18-2-5-20(42)22(44)10-18/h1-6,9-10,23-24,26-36,39-44,46-52H,7-8,11-16H2/b6-3+/t23-,24+,26-,27+,28+,29+,30+,31-,32-,33-,34+,35-,36-,37+,38+/m0/s1. The van der Waals surface area contributed by atoms with Crippen molar-refractivity contribution in [2.75, 3.05) is 46.2 Å². The van der Waals surface area contributed by atoms with Gasteiger partial charge in [0, 0.05) is 6.08 Å². The highest BCUT2D eigenvalue weighted by Crippen LogP contribution is 2.35. The van der Waals surface area contributed by atoms with Gasteiger partial charge in [-0.15, -0.1) is 0 Å². The SMILES string of the molecule is O=C(/C=C/c1ccc(O)c(O)c1)O[C@H]1[C@H](O[C@@H]2OC[C@](O)(CO)[C@H]2O)[C@@H](O)[C@H](OCCc2ccc(O)c(O)c2)O[C@@H]1CO[C@@H]1OC[C@H](O[C@@H]2OC[C@](O)(CO)[C@H]2O)[C@H](O)[C@H]1O. The first kappa shape index (κ1) is 46.7. The second-order valence-electron chi connectivity index (χ2n) is 15.0. The minimum atomic E-state index is -2.18. The second kappa shape index (κ2) is 19.7. The van der Waals surface area contributed by atoms with E-state index in [1.807, 2.05) is 0 Å². The van der Waals surface area contributed by atoms with Crippen LogP contribution in [0, 0.1) is 0 Å². The summed E-state index contributed by atoms with van der Waals surface area (Å²) in [7, 11) is 0. The molecule has 0 saturated carbocycles. The highest BCUT2D eigenvalue weighted by Gasteiger charge is 2.55. The third kappa shape index (κ3) is 10.5. The molecule has 13 N–H and O–H groups in total. The minimum Gasteiger partial charge on any atom is -0.504 e. The summed E-state index contributed by atoms with van der Waals surface area (Å²) in [6.07, 6.45) is -19.7. The fourth-order valence-corrected chi connectivity index (χ4v) is 6.83. The topological polar surface area (TPSA) is 363 Å². The molecule has 15 atom stereocenters. The molecule has 0 aromatic heterocycles. The van der Waals surface area contributed by atoms with Crippen molar-refractivity contribution >= 4 is 12.0 Å². The molecular weight excluding hydrogens is 824 g/mol. The fourth-order valence-electron chi connectivity index (χ4n) is 6.83. The molecule has 61 heavy (non-hydrogen) atoms. The number of aliphatic hydroxyl groups excluding tert-OH is 7. The Kier molecular flexibility index (Phi) is 15.1. The zero-order chi connectivity index (χ0) is 44.2. The number of carbonyl (C=O) groups is 1. The number of aliphatic hydroxyl groups is 9. The lowest BCUT2D eigenvalue weighted by molar-refractivity contribution is -0.343. The predicted molar refractivity (Wildman–Crippen MR) is 196 cm³/mol. The van der Waals surface area contributed by atoms with E-state index < -0.39 is 154 Å². The van der Waals surface area contributed by atoms with E-state index >= 15 is 0 Å². The molecule has 0 amide bonds. The lowest BCUT2D eigenvalue weighted by Gasteiger charge is -2.45. The first-order chi connectivity index (χ1) is 29.0. The Hall–Kier alpha value is -3.83. The van der Waals surface area contributed by atoms with E-state index in [2.05, 4.69) is 0 Å². The van der Waals surface area contributed by atoms with Gasteiger partial charge in [0.05, 0.1) is 46.2 Å². The summed E-state index contributed by atoms with van der Waals surface area (Å²) in [5.41, 5.74) is -3.46. The van der Waals surface area contributed by atoms with Gasteiger partial charge >= 0.3 is 5.97 Å². The van der Waals surface area contributed by atoms with Gasteiger partial charge in [-0.2, -0.15) is 0 Å². The molecule has 0 bridgehead atoms. The van der Waals surface area contributed by atoms with Gasteiger partial charge in [0.25, 0.3) is 0 Å². The van der Waals surface area contributed by atoms with E-state index in [1.165, 1.54) is 36.4 Å². The molecule has 0 radical (unpaired) electrons. The van der Waals surface area contributed by atoms with Crippen LogP contribution in [-0.2, 0) is 53.8 Å². The zero-order valence-corrected chi connectivity index (χ0v) is 32.2. The summed E-state index contributed by atoms with van der Waals surface area (Å²) in [4.78, 5) is 13.4. The van der Waals surface area contributed by atoms with Crippen LogP contribution >= 0.6 is 0 Å². The van der Waals surface area contributed by atoms with Crippen molar-refractivity contribution in [3.63, 3.8) is 0 Å². The van der Waals surface area contributed by atoms with Gasteiger partial charge in [-0.05, 0) is 47.9 Å². The molecule has 4 fully saturated rings. The Labute approximate surface area is 346 Å². The van der Waals surface area contributed by atoms with Crippen molar-refractivity contribution in [2.45, 2.75) is 97.7 Å². The van der Waals surface area contributed by atoms with E-state index in [9.17, 15) is 71.2 Å². The number of rotatable bonds is 16. The Morgan fingerprint density at radius 2 is 1.33 bits per heavy atom. The predicted octanol–water partition coefficient (Wildman–Crippen LogP) is -4.47. The van der Waals surface area contributed by atoms with E-state index in [-0.39, 0.29) is 24.3 Å². The largest absolute Gasteiger partial charge is 0.504 e. The summed E-state index contributed by atoms with van der Waals surface area (Å²) in [5, 5.41) is 134. The molecule has 4 saturated heterocycles. The number of esters is 1. The number of benzene rings is 2. The Morgan fingerprint density at radius 3 is 1.93 bits per heavy atom. The number of aromatic hydroxyl groups is 4. The molecule has 0 unspecified atom stereocenters. The highest BCUT2D eigenvalue weighted by molar-refractivity contribution is 5.87. The Balaban J connectivity index is 1.22. The zero-order valence-electron chi connectivity index (χ0n) is 32.2. The Bertz CT molecular complexity index is 1820. The highest BCUT2D eigenvalue weighted by atomic mass is 16.8. The molecule has 4 heterocycles. The van der Waals surface area contributed by atoms with Gasteiger partial charge < -0.3 is 109 Å². The van der Waals surface area contributed by atoms with E-state index in [0.717, 1.165) is 12.1 Å². The van der Waals surface area contributed by atoms with Crippen LogP contribution in [-0.4, -0.2) is 210 Å².